The molecule has 0 spiro atoms. The summed E-state index contributed by atoms with van der Waals surface area (Å²) in [7, 11) is -3.76. The highest BCUT2D eigenvalue weighted by atomic mass is 32.2. The Kier molecular flexibility index (Phi) is 7.97. The molecular formula is C26H31N5O3S. The van der Waals surface area contributed by atoms with Gasteiger partial charge < -0.3 is 10.2 Å². The molecule has 35 heavy (non-hydrogen) atoms. The van der Waals surface area contributed by atoms with E-state index in [0.29, 0.717) is 17.8 Å². The van der Waals surface area contributed by atoms with Crippen molar-refractivity contribution in [3.63, 3.8) is 0 Å². The van der Waals surface area contributed by atoms with Gasteiger partial charge in [-0.1, -0.05) is 31.9 Å². The van der Waals surface area contributed by atoms with Crippen molar-refractivity contribution < 1.29 is 13.2 Å². The smallest absolute Gasteiger partial charge is 0.261 e. The molecule has 0 bridgehead atoms. The molecule has 1 aromatic heterocycles. The van der Waals surface area contributed by atoms with E-state index in [2.05, 4.69) is 25.1 Å². The highest BCUT2D eigenvalue weighted by Gasteiger charge is 2.15. The van der Waals surface area contributed by atoms with Crippen molar-refractivity contribution in [3.8, 4) is 11.3 Å². The van der Waals surface area contributed by atoms with Gasteiger partial charge >= 0.3 is 0 Å². The number of carbonyl (C=O) groups is 1. The number of aromatic nitrogens is 2. The Morgan fingerprint density at radius 3 is 2.11 bits per heavy atom. The van der Waals surface area contributed by atoms with Crippen LogP contribution < -0.4 is 14.9 Å². The Morgan fingerprint density at radius 1 is 0.857 bits per heavy atom. The van der Waals surface area contributed by atoms with Gasteiger partial charge in [-0.25, -0.2) is 8.42 Å². The molecule has 1 aliphatic rings. The van der Waals surface area contributed by atoms with Gasteiger partial charge in [0.25, 0.3) is 10.0 Å². The van der Waals surface area contributed by atoms with Gasteiger partial charge in [-0.2, -0.15) is 0 Å². The predicted octanol–water partition coefficient (Wildman–Crippen LogP) is 5.06. The molecule has 0 aliphatic carbocycles. The number of amides is 1. The van der Waals surface area contributed by atoms with Crippen molar-refractivity contribution in [1.29, 1.82) is 0 Å². The molecule has 184 valence electrons. The van der Waals surface area contributed by atoms with Crippen molar-refractivity contribution in [2.24, 2.45) is 0 Å². The number of nitrogens with zero attached hydrogens (tertiary/aromatic N) is 3. The maximum Gasteiger partial charge on any atom is 0.261 e. The number of hydrogen-bond donors (Lipinski definition) is 2. The SMILES string of the molecule is CCCC(=O)Nc1ccc(S(=O)(=O)Nc2ccc(-c3ccc(N4CCCCCC4)nn3)cc2)cc1. The lowest BCUT2D eigenvalue weighted by molar-refractivity contribution is -0.116. The second-order valence-electron chi connectivity index (χ2n) is 8.68. The predicted molar refractivity (Wildman–Crippen MR) is 139 cm³/mol. The average molecular weight is 494 g/mol. The summed E-state index contributed by atoms with van der Waals surface area (Å²) in [6.07, 6.45) is 6.06. The zero-order valence-corrected chi connectivity index (χ0v) is 20.7. The largest absolute Gasteiger partial charge is 0.355 e. The van der Waals surface area contributed by atoms with Crippen LogP contribution in [0.3, 0.4) is 0 Å². The molecule has 1 amide bonds. The van der Waals surface area contributed by atoms with Crippen LogP contribution >= 0.6 is 0 Å². The minimum atomic E-state index is -3.76. The number of sulfonamides is 1. The van der Waals surface area contributed by atoms with E-state index in [1.807, 2.05) is 31.2 Å². The van der Waals surface area contributed by atoms with Gasteiger partial charge in [0.1, 0.15) is 0 Å². The summed E-state index contributed by atoms with van der Waals surface area (Å²) in [6.45, 7) is 3.95. The number of rotatable bonds is 8. The van der Waals surface area contributed by atoms with Gasteiger partial charge in [0, 0.05) is 36.4 Å². The van der Waals surface area contributed by atoms with Gasteiger partial charge in [-0.05, 0) is 67.8 Å². The van der Waals surface area contributed by atoms with E-state index in [-0.39, 0.29) is 10.8 Å². The minimum Gasteiger partial charge on any atom is -0.355 e. The fraction of sp³-hybridized carbons (Fsp3) is 0.346. The molecule has 2 N–H and O–H groups in total. The molecule has 0 saturated carbocycles. The molecule has 0 radical (unpaired) electrons. The quantitative estimate of drug-likeness (QED) is 0.454. The summed E-state index contributed by atoms with van der Waals surface area (Å²) in [6, 6.07) is 17.1. The summed E-state index contributed by atoms with van der Waals surface area (Å²) in [5.74, 6) is 0.804. The Labute approximate surface area is 206 Å². The summed E-state index contributed by atoms with van der Waals surface area (Å²) in [5.41, 5.74) is 2.60. The van der Waals surface area contributed by atoms with Crippen molar-refractivity contribution in [2.45, 2.75) is 50.3 Å². The van der Waals surface area contributed by atoms with E-state index in [4.69, 9.17) is 0 Å². The number of hydrogen-bond acceptors (Lipinski definition) is 6. The number of nitrogens with one attached hydrogen (secondary N) is 2. The van der Waals surface area contributed by atoms with Crippen molar-refractivity contribution in [3.05, 3.63) is 60.7 Å². The van der Waals surface area contributed by atoms with Gasteiger partial charge in [-0.15, -0.1) is 10.2 Å². The zero-order chi connectivity index (χ0) is 24.7. The molecule has 1 saturated heterocycles. The zero-order valence-electron chi connectivity index (χ0n) is 19.9. The van der Waals surface area contributed by atoms with E-state index >= 15 is 0 Å². The topological polar surface area (TPSA) is 104 Å². The van der Waals surface area contributed by atoms with Crippen LogP contribution in [0.15, 0.2) is 65.6 Å². The molecular weight excluding hydrogens is 462 g/mol. The van der Waals surface area contributed by atoms with Crippen LogP contribution in [0.4, 0.5) is 17.2 Å². The first-order valence-electron chi connectivity index (χ1n) is 12.1. The molecule has 1 aliphatic heterocycles. The molecule has 3 aromatic rings. The molecule has 1 fully saturated rings. The van der Waals surface area contributed by atoms with Crippen molar-refractivity contribution in [1.82, 2.24) is 10.2 Å². The van der Waals surface area contributed by atoms with Crippen molar-refractivity contribution >= 4 is 33.1 Å². The monoisotopic (exact) mass is 493 g/mol. The molecule has 4 rings (SSSR count). The minimum absolute atomic E-state index is 0.0948. The fourth-order valence-electron chi connectivity index (χ4n) is 4.04. The summed E-state index contributed by atoms with van der Waals surface area (Å²) in [5, 5.41) is 11.6. The first-order chi connectivity index (χ1) is 16.9. The fourth-order valence-corrected chi connectivity index (χ4v) is 5.10. The van der Waals surface area contributed by atoms with Crippen LogP contribution in [0.2, 0.25) is 0 Å². The van der Waals surface area contributed by atoms with Crippen LogP contribution in [0.25, 0.3) is 11.3 Å². The molecule has 0 unspecified atom stereocenters. The van der Waals surface area contributed by atoms with E-state index in [1.54, 1.807) is 24.3 Å². The second-order valence-corrected chi connectivity index (χ2v) is 10.4. The van der Waals surface area contributed by atoms with Crippen LogP contribution in [0.1, 0.15) is 45.4 Å². The van der Waals surface area contributed by atoms with E-state index in [0.717, 1.165) is 36.6 Å². The first-order valence-corrected chi connectivity index (χ1v) is 13.5. The maximum absolute atomic E-state index is 12.8. The van der Waals surface area contributed by atoms with E-state index < -0.39 is 10.0 Å². The Hall–Kier alpha value is -3.46. The Balaban J connectivity index is 1.40. The number of anilines is 3. The van der Waals surface area contributed by atoms with Gasteiger partial charge in [0.05, 0.1) is 10.6 Å². The Bertz CT molecular complexity index is 1220. The highest BCUT2D eigenvalue weighted by molar-refractivity contribution is 7.92. The van der Waals surface area contributed by atoms with Gasteiger partial charge in [-0.3, -0.25) is 9.52 Å². The van der Waals surface area contributed by atoms with Crippen LogP contribution in [-0.2, 0) is 14.8 Å². The van der Waals surface area contributed by atoms with Crippen molar-refractivity contribution in [2.75, 3.05) is 28.0 Å². The van der Waals surface area contributed by atoms with Crippen LogP contribution in [0, 0.1) is 0 Å². The third-order valence-electron chi connectivity index (χ3n) is 5.94. The summed E-state index contributed by atoms with van der Waals surface area (Å²) in [4.78, 5) is 14.1. The maximum atomic E-state index is 12.8. The average Bonchev–Trinajstić information content (AvgIpc) is 3.15. The first kappa shape index (κ1) is 24.7. The molecule has 0 atom stereocenters. The number of benzene rings is 2. The van der Waals surface area contributed by atoms with Gasteiger partial charge in [0.15, 0.2) is 5.82 Å². The highest BCUT2D eigenvalue weighted by Crippen LogP contribution is 2.24. The lowest BCUT2D eigenvalue weighted by Crippen LogP contribution is -2.25. The lowest BCUT2D eigenvalue weighted by atomic mass is 10.1. The normalized spacial score (nSPS) is 14.3. The standard InChI is InChI=1S/C26H31N5O3S/c1-2-7-26(32)27-21-12-14-23(15-13-21)35(33,34)30-22-10-8-20(9-11-22)24-16-17-25(29-28-24)31-18-5-3-4-6-19-31/h8-17,30H,2-7,18-19H2,1H3,(H,27,32). The molecule has 8 nitrogen and oxygen atoms in total. The lowest BCUT2D eigenvalue weighted by Gasteiger charge is -2.20. The molecule has 2 aromatic carbocycles. The third-order valence-corrected chi connectivity index (χ3v) is 7.34. The summed E-state index contributed by atoms with van der Waals surface area (Å²) >= 11 is 0. The summed E-state index contributed by atoms with van der Waals surface area (Å²) < 4.78 is 28.2. The van der Waals surface area contributed by atoms with Crippen LogP contribution in [-0.4, -0.2) is 37.6 Å². The number of carbonyl (C=O) groups excluding carboxylic acids is 1. The van der Waals surface area contributed by atoms with Crippen LogP contribution in [0.5, 0.6) is 0 Å². The molecule has 2 heterocycles. The van der Waals surface area contributed by atoms with E-state index in [1.165, 1.54) is 37.8 Å². The Morgan fingerprint density at radius 2 is 1.51 bits per heavy atom. The van der Waals surface area contributed by atoms with Gasteiger partial charge in [0.2, 0.25) is 5.91 Å². The molecule has 9 heteroatoms. The third kappa shape index (κ3) is 6.57. The van der Waals surface area contributed by atoms with E-state index in [9.17, 15) is 13.2 Å². The second kappa shape index (κ2) is 11.3.